The molecule has 3 aromatic rings. The third-order valence-electron chi connectivity index (χ3n) is 4.53. The van der Waals surface area contributed by atoms with Gasteiger partial charge in [-0.2, -0.15) is 0 Å². The SMILES string of the molecule is CCCn1c(C(=O)N[C@@H](C)c2ccccc2)cc2c(OCC)cccc21. The number of nitrogens with zero attached hydrogens (tertiary/aromatic N) is 1. The van der Waals surface area contributed by atoms with Crippen LogP contribution in [0.25, 0.3) is 10.9 Å². The van der Waals surface area contributed by atoms with Crippen molar-refractivity contribution in [3.63, 3.8) is 0 Å². The number of amides is 1. The van der Waals surface area contributed by atoms with Gasteiger partial charge >= 0.3 is 0 Å². The first kappa shape index (κ1) is 18.1. The zero-order valence-corrected chi connectivity index (χ0v) is 15.7. The van der Waals surface area contributed by atoms with Crippen molar-refractivity contribution in [1.82, 2.24) is 9.88 Å². The molecule has 0 saturated carbocycles. The van der Waals surface area contributed by atoms with Gasteiger partial charge in [-0.3, -0.25) is 4.79 Å². The summed E-state index contributed by atoms with van der Waals surface area (Å²) in [6, 6.07) is 17.9. The van der Waals surface area contributed by atoms with Crippen LogP contribution in [0.1, 0.15) is 49.3 Å². The van der Waals surface area contributed by atoms with Gasteiger partial charge in [0.15, 0.2) is 0 Å². The van der Waals surface area contributed by atoms with Crippen LogP contribution in [0.15, 0.2) is 54.6 Å². The van der Waals surface area contributed by atoms with Crippen molar-refractivity contribution in [1.29, 1.82) is 0 Å². The van der Waals surface area contributed by atoms with Crippen LogP contribution >= 0.6 is 0 Å². The lowest BCUT2D eigenvalue weighted by Crippen LogP contribution is -2.28. The van der Waals surface area contributed by atoms with E-state index in [0.29, 0.717) is 12.3 Å². The molecule has 4 heteroatoms. The van der Waals surface area contributed by atoms with Crippen molar-refractivity contribution in [3.8, 4) is 5.75 Å². The predicted octanol–water partition coefficient (Wildman–Crippen LogP) is 4.94. The summed E-state index contributed by atoms with van der Waals surface area (Å²) in [6.07, 6.45) is 0.956. The molecule has 1 heterocycles. The smallest absolute Gasteiger partial charge is 0.268 e. The molecule has 0 aliphatic rings. The maximum Gasteiger partial charge on any atom is 0.268 e. The molecule has 4 nitrogen and oxygen atoms in total. The second-order valence-corrected chi connectivity index (χ2v) is 6.41. The van der Waals surface area contributed by atoms with Gasteiger partial charge in [0.25, 0.3) is 5.91 Å². The number of ether oxygens (including phenoxy) is 1. The Morgan fingerprint density at radius 1 is 1.12 bits per heavy atom. The lowest BCUT2D eigenvalue weighted by Gasteiger charge is -2.15. The Kier molecular flexibility index (Phi) is 5.61. The average molecular weight is 350 g/mol. The van der Waals surface area contributed by atoms with Gasteiger partial charge in [-0.1, -0.05) is 43.3 Å². The van der Waals surface area contributed by atoms with Crippen molar-refractivity contribution in [2.75, 3.05) is 6.61 Å². The summed E-state index contributed by atoms with van der Waals surface area (Å²) < 4.78 is 7.84. The summed E-state index contributed by atoms with van der Waals surface area (Å²) in [4.78, 5) is 13.0. The summed E-state index contributed by atoms with van der Waals surface area (Å²) >= 11 is 0. The number of carbonyl (C=O) groups is 1. The zero-order chi connectivity index (χ0) is 18.5. The fraction of sp³-hybridized carbons (Fsp3) is 0.318. The lowest BCUT2D eigenvalue weighted by atomic mass is 10.1. The van der Waals surface area contributed by atoms with Crippen LogP contribution < -0.4 is 10.1 Å². The van der Waals surface area contributed by atoms with Crippen LogP contribution in [0, 0.1) is 0 Å². The molecule has 0 saturated heterocycles. The normalized spacial score (nSPS) is 12.1. The molecule has 1 atom stereocenters. The Hall–Kier alpha value is -2.75. The minimum absolute atomic E-state index is 0.0526. The van der Waals surface area contributed by atoms with Crippen molar-refractivity contribution in [3.05, 3.63) is 65.9 Å². The molecule has 2 aromatic carbocycles. The van der Waals surface area contributed by atoms with Crippen LogP contribution in [0.5, 0.6) is 5.75 Å². The van der Waals surface area contributed by atoms with Gasteiger partial charge in [-0.05, 0) is 44.0 Å². The number of nitrogens with one attached hydrogen (secondary N) is 1. The molecule has 0 aliphatic carbocycles. The van der Waals surface area contributed by atoms with Gasteiger partial charge in [-0.25, -0.2) is 0 Å². The molecule has 0 radical (unpaired) electrons. The molecule has 0 bridgehead atoms. The van der Waals surface area contributed by atoms with Crippen molar-refractivity contribution in [2.24, 2.45) is 0 Å². The number of aromatic nitrogens is 1. The standard InChI is InChI=1S/C22H26N2O2/c1-4-14-24-19-12-9-13-21(26-5-2)18(19)15-20(24)22(25)23-16(3)17-10-7-6-8-11-17/h6-13,15-16H,4-5,14H2,1-3H3,(H,23,25)/t16-/m0/s1. The first-order chi connectivity index (χ1) is 12.7. The Balaban J connectivity index is 1.96. The van der Waals surface area contributed by atoms with E-state index in [2.05, 4.69) is 16.8 Å². The van der Waals surface area contributed by atoms with E-state index in [9.17, 15) is 4.79 Å². The molecule has 1 aromatic heterocycles. The van der Waals surface area contributed by atoms with Gasteiger partial charge < -0.3 is 14.6 Å². The van der Waals surface area contributed by atoms with Gasteiger partial charge in [0.2, 0.25) is 0 Å². The fourth-order valence-corrected chi connectivity index (χ4v) is 3.29. The number of aryl methyl sites for hydroxylation is 1. The quantitative estimate of drug-likeness (QED) is 0.656. The minimum atomic E-state index is -0.0616. The first-order valence-corrected chi connectivity index (χ1v) is 9.26. The molecular weight excluding hydrogens is 324 g/mol. The van der Waals surface area contributed by atoms with E-state index in [0.717, 1.165) is 35.2 Å². The molecule has 0 aliphatic heterocycles. The summed E-state index contributed by atoms with van der Waals surface area (Å²) in [6.45, 7) is 7.49. The van der Waals surface area contributed by atoms with Crippen LogP contribution in [-0.4, -0.2) is 17.1 Å². The highest BCUT2D eigenvalue weighted by atomic mass is 16.5. The number of hydrogen-bond acceptors (Lipinski definition) is 2. The monoisotopic (exact) mass is 350 g/mol. The lowest BCUT2D eigenvalue weighted by molar-refractivity contribution is 0.0931. The average Bonchev–Trinajstić information content (AvgIpc) is 3.03. The summed E-state index contributed by atoms with van der Waals surface area (Å²) in [5.41, 5.74) is 2.81. The van der Waals surface area contributed by atoms with Gasteiger partial charge in [0.1, 0.15) is 11.4 Å². The minimum Gasteiger partial charge on any atom is -0.493 e. The van der Waals surface area contributed by atoms with Crippen LogP contribution in [-0.2, 0) is 6.54 Å². The third-order valence-corrected chi connectivity index (χ3v) is 4.53. The van der Waals surface area contributed by atoms with Crippen molar-refractivity contribution < 1.29 is 9.53 Å². The van der Waals surface area contributed by atoms with Crippen molar-refractivity contribution >= 4 is 16.8 Å². The van der Waals surface area contributed by atoms with Crippen LogP contribution in [0.4, 0.5) is 0 Å². The van der Waals surface area contributed by atoms with E-state index in [1.807, 2.05) is 68.4 Å². The Bertz CT molecular complexity index is 884. The van der Waals surface area contributed by atoms with Crippen LogP contribution in [0.2, 0.25) is 0 Å². The first-order valence-electron chi connectivity index (χ1n) is 9.26. The zero-order valence-electron chi connectivity index (χ0n) is 15.7. The van der Waals surface area contributed by atoms with E-state index in [4.69, 9.17) is 4.74 Å². The van der Waals surface area contributed by atoms with E-state index >= 15 is 0 Å². The molecule has 0 fully saturated rings. The second kappa shape index (κ2) is 8.09. The Morgan fingerprint density at radius 3 is 2.58 bits per heavy atom. The van der Waals surface area contributed by atoms with Crippen molar-refractivity contribution in [2.45, 2.75) is 39.8 Å². The largest absolute Gasteiger partial charge is 0.493 e. The summed E-state index contributed by atoms with van der Waals surface area (Å²) in [7, 11) is 0. The van der Waals surface area contributed by atoms with Gasteiger partial charge in [0, 0.05) is 11.9 Å². The maximum absolute atomic E-state index is 13.0. The molecule has 0 unspecified atom stereocenters. The topological polar surface area (TPSA) is 43.3 Å². The summed E-state index contributed by atoms with van der Waals surface area (Å²) in [5, 5.41) is 4.11. The molecule has 1 N–H and O–H groups in total. The number of carbonyl (C=O) groups excluding carboxylic acids is 1. The van der Waals surface area contributed by atoms with Gasteiger partial charge in [-0.15, -0.1) is 0 Å². The van der Waals surface area contributed by atoms with E-state index in [1.165, 1.54) is 0 Å². The van der Waals surface area contributed by atoms with E-state index in [-0.39, 0.29) is 11.9 Å². The second-order valence-electron chi connectivity index (χ2n) is 6.41. The van der Waals surface area contributed by atoms with Crippen LogP contribution in [0.3, 0.4) is 0 Å². The Morgan fingerprint density at radius 2 is 1.88 bits per heavy atom. The molecular formula is C22H26N2O2. The highest BCUT2D eigenvalue weighted by Gasteiger charge is 2.19. The number of fused-ring (bicyclic) bond motifs is 1. The highest BCUT2D eigenvalue weighted by Crippen LogP contribution is 2.29. The molecule has 1 amide bonds. The van der Waals surface area contributed by atoms with E-state index < -0.39 is 0 Å². The third kappa shape index (κ3) is 3.59. The number of rotatable bonds is 7. The molecule has 26 heavy (non-hydrogen) atoms. The maximum atomic E-state index is 13.0. The fourth-order valence-electron chi connectivity index (χ4n) is 3.29. The Labute approximate surface area is 154 Å². The molecule has 0 spiro atoms. The number of hydrogen-bond donors (Lipinski definition) is 1. The highest BCUT2D eigenvalue weighted by molar-refractivity contribution is 6.00. The van der Waals surface area contributed by atoms with Gasteiger partial charge in [0.05, 0.1) is 18.2 Å². The molecule has 136 valence electrons. The van der Waals surface area contributed by atoms with E-state index in [1.54, 1.807) is 0 Å². The summed E-state index contributed by atoms with van der Waals surface area (Å²) in [5.74, 6) is 0.762. The number of benzene rings is 2. The molecule has 3 rings (SSSR count). The predicted molar refractivity (Wildman–Crippen MR) is 106 cm³/mol.